The van der Waals surface area contributed by atoms with E-state index in [0.29, 0.717) is 5.56 Å². The van der Waals surface area contributed by atoms with Crippen molar-refractivity contribution in [3.8, 4) is 16.6 Å². The molecule has 3 aromatic rings. The predicted molar refractivity (Wildman–Crippen MR) is 104 cm³/mol. The Morgan fingerprint density at radius 1 is 1.13 bits per heavy atom. The first-order chi connectivity index (χ1) is 11.1. The van der Waals surface area contributed by atoms with Crippen molar-refractivity contribution in [3.63, 3.8) is 0 Å². The zero-order valence-electron chi connectivity index (χ0n) is 12.9. The summed E-state index contributed by atoms with van der Waals surface area (Å²) in [6, 6.07) is 14.2. The molecule has 0 saturated heterocycles. The maximum absolute atomic E-state index is 8.87. The number of benzene rings is 2. The van der Waals surface area contributed by atoms with Crippen LogP contribution in [0.25, 0.3) is 10.6 Å². The summed E-state index contributed by atoms with van der Waals surface area (Å²) in [4.78, 5) is 4.76. The van der Waals surface area contributed by atoms with Gasteiger partial charge in [0.25, 0.3) is 0 Å². The molecule has 0 saturated carbocycles. The summed E-state index contributed by atoms with van der Waals surface area (Å²) in [5, 5.41) is 12.0. The molecule has 0 unspecified atom stereocenters. The number of aromatic nitrogens is 1. The number of rotatable bonds is 3. The van der Waals surface area contributed by atoms with Crippen molar-refractivity contribution in [2.24, 2.45) is 0 Å². The molecule has 1 heterocycles. The lowest BCUT2D eigenvalue weighted by Gasteiger charge is -2.07. The summed E-state index contributed by atoms with van der Waals surface area (Å²) in [5.74, 6) is 0. The number of nitriles is 1. The predicted octanol–water partition coefficient (Wildman–Crippen LogP) is 5.49. The molecule has 4 heteroatoms. The number of aryl methyl sites for hydroxylation is 2. The molecule has 1 aromatic heterocycles. The second kappa shape index (κ2) is 6.81. The fraction of sp³-hybridized carbons (Fsp3) is 0.158. The highest BCUT2D eigenvalue weighted by Crippen LogP contribution is 2.26. The third kappa shape index (κ3) is 3.62. The van der Waals surface area contributed by atoms with Gasteiger partial charge in [0.05, 0.1) is 17.3 Å². The lowest BCUT2D eigenvalue weighted by Crippen LogP contribution is -1.95. The van der Waals surface area contributed by atoms with Gasteiger partial charge in [-0.25, -0.2) is 4.98 Å². The Bertz CT molecular complexity index is 889. The number of halogens is 1. The average molecular weight is 430 g/mol. The second-order valence-corrected chi connectivity index (χ2v) is 7.56. The molecule has 0 radical (unpaired) electrons. The maximum Gasteiger partial charge on any atom is 0.123 e. The first kappa shape index (κ1) is 16.2. The minimum atomic E-state index is 0.676. The van der Waals surface area contributed by atoms with Gasteiger partial charge in [-0.2, -0.15) is 5.26 Å². The van der Waals surface area contributed by atoms with Crippen molar-refractivity contribution < 1.29 is 0 Å². The molecule has 0 atom stereocenters. The minimum absolute atomic E-state index is 0.676. The zero-order valence-corrected chi connectivity index (χ0v) is 15.9. The van der Waals surface area contributed by atoms with E-state index in [0.717, 1.165) is 22.7 Å². The summed E-state index contributed by atoms with van der Waals surface area (Å²) < 4.78 is 1.31. The Morgan fingerprint density at radius 3 is 2.57 bits per heavy atom. The van der Waals surface area contributed by atoms with E-state index in [2.05, 4.69) is 60.0 Å². The van der Waals surface area contributed by atoms with Crippen LogP contribution in [0.5, 0.6) is 0 Å². The van der Waals surface area contributed by atoms with E-state index < -0.39 is 0 Å². The summed E-state index contributed by atoms with van der Waals surface area (Å²) in [5.41, 5.74) is 6.80. The summed E-state index contributed by atoms with van der Waals surface area (Å²) in [7, 11) is 0. The van der Waals surface area contributed by atoms with Crippen LogP contribution in [0.15, 0.2) is 41.8 Å². The van der Waals surface area contributed by atoms with E-state index in [9.17, 15) is 0 Å². The largest absolute Gasteiger partial charge is 0.241 e. The molecule has 0 amide bonds. The molecule has 2 aromatic carbocycles. The monoisotopic (exact) mass is 430 g/mol. The Balaban J connectivity index is 1.85. The second-order valence-electron chi connectivity index (χ2n) is 5.54. The van der Waals surface area contributed by atoms with Crippen LogP contribution in [0.2, 0.25) is 0 Å². The molecule has 23 heavy (non-hydrogen) atoms. The lowest BCUT2D eigenvalue weighted by molar-refractivity contribution is 1.08. The van der Waals surface area contributed by atoms with Gasteiger partial charge in [0, 0.05) is 20.9 Å². The van der Waals surface area contributed by atoms with Crippen LogP contribution >= 0.6 is 33.9 Å². The van der Waals surface area contributed by atoms with Crippen molar-refractivity contribution in [1.82, 2.24) is 4.98 Å². The van der Waals surface area contributed by atoms with Crippen LogP contribution in [0.4, 0.5) is 0 Å². The topological polar surface area (TPSA) is 36.7 Å². The van der Waals surface area contributed by atoms with Gasteiger partial charge in [-0.15, -0.1) is 11.3 Å². The van der Waals surface area contributed by atoms with Gasteiger partial charge >= 0.3 is 0 Å². The van der Waals surface area contributed by atoms with Gasteiger partial charge in [-0.1, -0.05) is 18.2 Å². The molecule has 0 N–H and O–H groups in total. The van der Waals surface area contributed by atoms with Gasteiger partial charge < -0.3 is 0 Å². The van der Waals surface area contributed by atoms with Crippen LogP contribution in [0.3, 0.4) is 0 Å². The van der Waals surface area contributed by atoms with Crippen LogP contribution in [-0.2, 0) is 6.42 Å². The van der Waals surface area contributed by atoms with Gasteiger partial charge in [-0.3, -0.25) is 0 Å². The number of hydrogen-bond acceptors (Lipinski definition) is 3. The SMILES string of the molecule is Cc1cc(Cc2csc(-c3ccc(C#N)cc3)n2)c(C)cc1I. The van der Waals surface area contributed by atoms with Crippen molar-refractivity contribution in [2.75, 3.05) is 0 Å². The van der Waals surface area contributed by atoms with Crippen LogP contribution < -0.4 is 0 Å². The quantitative estimate of drug-likeness (QED) is 0.515. The summed E-state index contributed by atoms with van der Waals surface area (Å²) in [6.45, 7) is 4.30. The van der Waals surface area contributed by atoms with E-state index >= 15 is 0 Å². The highest BCUT2D eigenvalue weighted by molar-refractivity contribution is 14.1. The van der Waals surface area contributed by atoms with Gasteiger partial charge in [0.1, 0.15) is 5.01 Å². The van der Waals surface area contributed by atoms with Crippen molar-refractivity contribution in [3.05, 3.63) is 73.3 Å². The molecule has 3 rings (SSSR count). The third-order valence-corrected chi connectivity index (χ3v) is 5.90. The van der Waals surface area contributed by atoms with Gasteiger partial charge in [-0.05, 0) is 71.3 Å². The molecule has 0 bridgehead atoms. The van der Waals surface area contributed by atoms with Crippen LogP contribution in [-0.4, -0.2) is 4.98 Å². The standard InChI is InChI=1S/C19H15IN2S/c1-12-8-18(20)13(2)7-16(12)9-17-11-23-19(22-17)15-5-3-14(10-21)4-6-15/h3-8,11H,9H2,1-2H3. The molecule has 0 spiro atoms. The van der Waals surface area contributed by atoms with Crippen LogP contribution in [0.1, 0.15) is 27.9 Å². The Morgan fingerprint density at radius 2 is 1.87 bits per heavy atom. The molecular formula is C19H15IN2S. The average Bonchev–Trinajstić information content (AvgIpc) is 3.01. The van der Waals surface area contributed by atoms with E-state index in [4.69, 9.17) is 10.2 Å². The zero-order chi connectivity index (χ0) is 16.4. The minimum Gasteiger partial charge on any atom is -0.241 e. The molecule has 0 aliphatic carbocycles. The van der Waals surface area contributed by atoms with Gasteiger partial charge in [0.15, 0.2) is 0 Å². The molecule has 0 aliphatic rings. The smallest absolute Gasteiger partial charge is 0.123 e. The molecule has 0 aliphatic heterocycles. The fourth-order valence-electron chi connectivity index (χ4n) is 2.43. The molecular weight excluding hydrogens is 415 g/mol. The Kier molecular flexibility index (Phi) is 4.79. The molecule has 0 fully saturated rings. The summed E-state index contributed by atoms with van der Waals surface area (Å²) in [6.07, 6.45) is 0.858. The Hall–Kier alpha value is -1.71. The van der Waals surface area contributed by atoms with E-state index in [1.807, 2.05) is 24.3 Å². The first-order valence-electron chi connectivity index (χ1n) is 7.27. The highest BCUT2D eigenvalue weighted by atomic mass is 127. The molecule has 114 valence electrons. The van der Waals surface area contributed by atoms with Crippen molar-refractivity contribution >= 4 is 33.9 Å². The van der Waals surface area contributed by atoms with E-state index in [1.54, 1.807) is 11.3 Å². The highest BCUT2D eigenvalue weighted by Gasteiger charge is 2.08. The number of thiazole rings is 1. The summed E-state index contributed by atoms with van der Waals surface area (Å²) >= 11 is 4.03. The maximum atomic E-state index is 8.87. The first-order valence-corrected chi connectivity index (χ1v) is 9.23. The number of nitrogens with zero attached hydrogens (tertiary/aromatic N) is 2. The van der Waals surface area contributed by atoms with E-state index in [-0.39, 0.29) is 0 Å². The van der Waals surface area contributed by atoms with E-state index in [1.165, 1.54) is 20.3 Å². The van der Waals surface area contributed by atoms with Crippen molar-refractivity contribution in [1.29, 1.82) is 5.26 Å². The fourth-order valence-corrected chi connectivity index (χ4v) is 3.88. The third-order valence-electron chi connectivity index (χ3n) is 3.80. The van der Waals surface area contributed by atoms with Crippen molar-refractivity contribution in [2.45, 2.75) is 20.3 Å². The normalized spacial score (nSPS) is 10.5. The van der Waals surface area contributed by atoms with Crippen LogP contribution in [0, 0.1) is 28.7 Å². The van der Waals surface area contributed by atoms with Gasteiger partial charge in [0.2, 0.25) is 0 Å². The Labute approximate surface area is 154 Å². The molecule has 2 nitrogen and oxygen atoms in total. The number of hydrogen-bond donors (Lipinski definition) is 0. The lowest BCUT2D eigenvalue weighted by atomic mass is 10.0.